The van der Waals surface area contributed by atoms with Gasteiger partial charge >= 0.3 is 0 Å². The van der Waals surface area contributed by atoms with Crippen molar-refractivity contribution in [2.45, 2.75) is 46.3 Å². The summed E-state index contributed by atoms with van der Waals surface area (Å²) in [7, 11) is 0. The molecule has 0 amide bonds. The summed E-state index contributed by atoms with van der Waals surface area (Å²) in [5.41, 5.74) is 1.33. The molecule has 0 saturated carbocycles. The predicted molar refractivity (Wildman–Crippen MR) is 84.1 cm³/mol. The number of rotatable bonds is 4. The minimum atomic E-state index is 0.113. The molecular weight excluding hydrogens is 353 g/mol. The van der Waals surface area contributed by atoms with E-state index in [0.29, 0.717) is 6.54 Å². The van der Waals surface area contributed by atoms with Crippen LogP contribution in [0.25, 0.3) is 0 Å². The van der Waals surface area contributed by atoms with Gasteiger partial charge in [0, 0.05) is 23.8 Å². The van der Waals surface area contributed by atoms with E-state index in [4.69, 9.17) is 4.42 Å². The minimum Gasteiger partial charge on any atom is -0.464 e. The van der Waals surface area contributed by atoms with Gasteiger partial charge in [-0.05, 0) is 56.4 Å². The highest BCUT2D eigenvalue weighted by Gasteiger charge is 2.12. The lowest BCUT2D eigenvalue weighted by atomic mass is 10.1. The summed E-state index contributed by atoms with van der Waals surface area (Å²) in [5, 5.41) is 7.75. The molecule has 0 radical (unpaired) electrons. The third-order valence-corrected chi connectivity index (χ3v) is 3.36. The van der Waals surface area contributed by atoms with Crippen molar-refractivity contribution in [1.29, 1.82) is 0 Å². The lowest BCUT2D eigenvalue weighted by Crippen LogP contribution is -2.35. The van der Waals surface area contributed by atoms with Gasteiger partial charge in [0.15, 0.2) is 0 Å². The van der Waals surface area contributed by atoms with Gasteiger partial charge in [0.25, 0.3) is 0 Å². The Balaban J connectivity index is 2.04. The molecule has 2 heterocycles. The zero-order chi connectivity index (χ0) is 14.0. The van der Waals surface area contributed by atoms with E-state index in [9.17, 15) is 0 Å². The first-order chi connectivity index (χ1) is 8.83. The van der Waals surface area contributed by atoms with Gasteiger partial charge < -0.3 is 9.73 Å². The van der Waals surface area contributed by atoms with Crippen molar-refractivity contribution in [2.75, 3.05) is 0 Å². The molecular formula is C14H20IN3O. The van der Waals surface area contributed by atoms with Gasteiger partial charge in [0.05, 0.1) is 16.3 Å². The van der Waals surface area contributed by atoms with Gasteiger partial charge in [0.1, 0.15) is 11.5 Å². The number of aromatic nitrogens is 2. The largest absolute Gasteiger partial charge is 0.464 e. The molecule has 0 saturated heterocycles. The summed E-state index contributed by atoms with van der Waals surface area (Å²) in [5.74, 6) is 1.93. The van der Waals surface area contributed by atoms with Crippen LogP contribution in [0.4, 0.5) is 0 Å². The zero-order valence-electron chi connectivity index (χ0n) is 11.8. The van der Waals surface area contributed by atoms with Crippen LogP contribution in [0.1, 0.15) is 37.9 Å². The lowest BCUT2D eigenvalue weighted by Gasteiger charge is -2.20. The Hall–Kier alpha value is -0.820. The molecule has 0 bridgehead atoms. The molecule has 104 valence electrons. The Morgan fingerprint density at radius 2 is 2.16 bits per heavy atom. The molecule has 2 rings (SSSR count). The first-order valence-corrected chi connectivity index (χ1v) is 7.42. The van der Waals surface area contributed by atoms with Crippen molar-refractivity contribution in [3.05, 3.63) is 39.1 Å². The molecule has 0 fully saturated rings. The first-order valence-electron chi connectivity index (χ1n) is 6.35. The molecule has 0 atom stereocenters. The second-order valence-electron chi connectivity index (χ2n) is 5.75. The Labute approximate surface area is 127 Å². The third kappa shape index (κ3) is 4.35. The molecule has 5 heteroatoms. The summed E-state index contributed by atoms with van der Waals surface area (Å²) in [6, 6.07) is 2.11. The van der Waals surface area contributed by atoms with Gasteiger partial charge in [-0.3, -0.25) is 4.68 Å². The van der Waals surface area contributed by atoms with Gasteiger partial charge in [-0.2, -0.15) is 5.10 Å². The van der Waals surface area contributed by atoms with Crippen LogP contribution < -0.4 is 5.32 Å². The quantitative estimate of drug-likeness (QED) is 0.837. The smallest absolute Gasteiger partial charge is 0.125 e. The van der Waals surface area contributed by atoms with Crippen molar-refractivity contribution in [1.82, 2.24) is 15.1 Å². The maximum absolute atomic E-state index is 5.79. The fraction of sp³-hybridized carbons (Fsp3) is 0.500. The van der Waals surface area contributed by atoms with Crippen LogP contribution in [0.3, 0.4) is 0 Å². The fourth-order valence-corrected chi connectivity index (χ4v) is 2.23. The van der Waals surface area contributed by atoms with Crippen LogP contribution in [0.2, 0.25) is 0 Å². The lowest BCUT2D eigenvalue weighted by molar-refractivity contribution is 0.418. The SMILES string of the molecule is Cc1oc(Cn2cc(I)cn2)cc1CNC(C)(C)C. The van der Waals surface area contributed by atoms with E-state index in [2.05, 4.69) is 59.8 Å². The Bertz CT molecular complexity index is 551. The Morgan fingerprint density at radius 1 is 1.42 bits per heavy atom. The molecule has 0 aliphatic rings. The van der Waals surface area contributed by atoms with Crippen LogP contribution in [-0.2, 0) is 13.1 Å². The highest BCUT2D eigenvalue weighted by molar-refractivity contribution is 14.1. The van der Waals surface area contributed by atoms with Crippen LogP contribution in [0.5, 0.6) is 0 Å². The summed E-state index contributed by atoms with van der Waals surface area (Å²) in [4.78, 5) is 0. The molecule has 0 aliphatic heterocycles. The van der Waals surface area contributed by atoms with E-state index in [1.165, 1.54) is 5.56 Å². The normalized spacial score (nSPS) is 12.1. The topological polar surface area (TPSA) is 43.0 Å². The van der Waals surface area contributed by atoms with Crippen LogP contribution >= 0.6 is 22.6 Å². The maximum Gasteiger partial charge on any atom is 0.125 e. The molecule has 19 heavy (non-hydrogen) atoms. The van der Waals surface area contributed by atoms with E-state index in [0.717, 1.165) is 21.6 Å². The number of nitrogens with one attached hydrogen (secondary N) is 1. The number of hydrogen-bond donors (Lipinski definition) is 1. The second kappa shape index (κ2) is 5.66. The number of nitrogens with zero attached hydrogens (tertiary/aromatic N) is 2. The monoisotopic (exact) mass is 373 g/mol. The number of aryl methyl sites for hydroxylation is 1. The summed E-state index contributed by atoms with van der Waals surface area (Å²) in [6.07, 6.45) is 3.85. The van der Waals surface area contributed by atoms with E-state index in [-0.39, 0.29) is 5.54 Å². The zero-order valence-corrected chi connectivity index (χ0v) is 14.0. The highest BCUT2D eigenvalue weighted by Crippen LogP contribution is 2.17. The number of furan rings is 1. The molecule has 4 nitrogen and oxygen atoms in total. The molecule has 0 spiro atoms. The highest BCUT2D eigenvalue weighted by atomic mass is 127. The van der Waals surface area contributed by atoms with Crippen molar-refractivity contribution < 1.29 is 4.42 Å². The van der Waals surface area contributed by atoms with Crippen LogP contribution in [-0.4, -0.2) is 15.3 Å². The molecule has 1 N–H and O–H groups in total. The van der Waals surface area contributed by atoms with Gasteiger partial charge in [0.2, 0.25) is 0 Å². The Kier molecular flexibility index (Phi) is 4.35. The van der Waals surface area contributed by atoms with Crippen molar-refractivity contribution in [2.24, 2.45) is 0 Å². The Morgan fingerprint density at radius 3 is 2.74 bits per heavy atom. The predicted octanol–water partition coefficient (Wildman–Crippen LogP) is 3.33. The first kappa shape index (κ1) is 14.6. The fourth-order valence-electron chi connectivity index (χ4n) is 1.79. The van der Waals surface area contributed by atoms with E-state index >= 15 is 0 Å². The molecule has 0 aliphatic carbocycles. The third-order valence-electron chi connectivity index (χ3n) is 2.80. The van der Waals surface area contributed by atoms with Gasteiger partial charge in [-0.15, -0.1) is 0 Å². The second-order valence-corrected chi connectivity index (χ2v) is 7.00. The van der Waals surface area contributed by atoms with Crippen molar-refractivity contribution in [3.8, 4) is 0 Å². The molecule has 0 aromatic carbocycles. The number of halogens is 1. The van der Waals surface area contributed by atoms with Crippen molar-refractivity contribution in [3.63, 3.8) is 0 Å². The maximum atomic E-state index is 5.79. The standard InChI is InChI=1S/C14H20IN3O/c1-10-11(6-16-14(2,3)4)5-13(19-10)9-18-8-12(15)7-17-18/h5,7-8,16H,6,9H2,1-4H3. The molecule has 2 aromatic heterocycles. The van der Waals surface area contributed by atoms with E-state index in [1.807, 2.05) is 24.0 Å². The minimum absolute atomic E-state index is 0.113. The summed E-state index contributed by atoms with van der Waals surface area (Å²) >= 11 is 2.25. The molecule has 2 aromatic rings. The number of hydrogen-bond acceptors (Lipinski definition) is 3. The van der Waals surface area contributed by atoms with E-state index < -0.39 is 0 Å². The average Bonchev–Trinajstić information content (AvgIpc) is 2.82. The summed E-state index contributed by atoms with van der Waals surface area (Å²) in [6.45, 7) is 10.0. The van der Waals surface area contributed by atoms with Crippen LogP contribution in [0.15, 0.2) is 22.9 Å². The van der Waals surface area contributed by atoms with E-state index in [1.54, 1.807) is 0 Å². The van der Waals surface area contributed by atoms with Gasteiger partial charge in [-0.25, -0.2) is 0 Å². The van der Waals surface area contributed by atoms with Gasteiger partial charge in [-0.1, -0.05) is 0 Å². The summed E-state index contributed by atoms with van der Waals surface area (Å²) < 4.78 is 8.81. The average molecular weight is 373 g/mol. The van der Waals surface area contributed by atoms with Crippen LogP contribution in [0, 0.1) is 10.5 Å². The van der Waals surface area contributed by atoms with Crippen molar-refractivity contribution >= 4 is 22.6 Å². The molecule has 0 unspecified atom stereocenters.